The molecule has 0 radical (unpaired) electrons. The Morgan fingerprint density at radius 2 is 0.720 bits per heavy atom. The number of aromatic carboxylic acids is 2. The van der Waals surface area contributed by atoms with E-state index >= 15 is 0 Å². The fourth-order valence-corrected chi connectivity index (χ4v) is 6.45. The summed E-state index contributed by atoms with van der Waals surface area (Å²) in [7, 11) is 0. The summed E-state index contributed by atoms with van der Waals surface area (Å²) in [6.07, 6.45) is 0. The van der Waals surface area contributed by atoms with E-state index in [1.807, 2.05) is 48.5 Å². The van der Waals surface area contributed by atoms with Crippen LogP contribution in [0.4, 0.5) is 0 Å². The molecule has 0 saturated heterocycles. The summed E-state index contributed by atoms with van der Waals surface area (Å²) in [5.41, 5.74) is 4.10. The van der Waals surface area contributed by atoms with Gasteiger partial charge < -0.3 is 10.2 Å². The van der Waals surface area contributed by atoms with Gasteiger partial charge in [0.1, 0.15) is 0 Å². The second kappa shape index (κ2) is 12.5. The largest absolute Gasteiger partial charge is 0.478 e. The third-order valence-electron chi connectivity index (χ3n) is 8.98. The molecule has 50 heavy (non-hydrogen) atoms. The molecule has 0 bridgehead atoms. The highest BCUT2D eigenvalue weighted by Gasteiger charge is 2.15. The Balaban J connectivity index is 1.29. The highest BCUT2D eigenvalue weighted by atomic mass is 16.4. The Morgan fingerprint density at radius 3 is 1.12 bits per heavy atom. The lowest BCUT2D eigenvalue weighted by molar-refractivity contribution is 0.0686. The average molecular weight is 643 g/mol. The summed E-state index contributed by atoms with van der Waals surface area (Å²) >= 11 is 0. The first kappa shape index (κ1) is 30.2. The van der Waals surface area contributed by atoms with Crippen molar-refractivity contribution in [1.82, 2.24) is 0 Å². The average Bonchev–Trinajstić information content (AvgIpc) is 3.14. The van der Waals surface area contributed by atoms with Crippen molar-refractivity contribution in [2.45, 2.75) is 0 Å². The Morgan fingerprint density at radius 1 is 0.360 bits per heavy atom. The van der Waals surface area contributed by atoms with Crippen molar-refractivity contribution < 1.29 is 19.8 Å². The topological polar surface area (TPSA) is 74.6 Å². The third-order valence-corrected chi connectivity index (χ3v) is 8.98. The lowest BCUT2D eigenvalue weighted by Crippen LogP contribution is -2.00. The van der Waals surface area contributed by atoms with Crippen molar-refractivity contribution in [1.29, 1.82) is 0 Å². The van der Waals surface area contributed by atoms with Gasteiger partial charge in [-0.2, -0.15) is 0 Å². The molecule has 0 amide bonds. The van der Waals surface area contributed by atoms with Crippen LogP contribution in [0.3, 0.4) is 0 Å². The molecule has 0 aromatic heterocycles. The van der Waals surface area contributed by atoms with Crippen LogP contribution in [-0.2, 0) is 0 Å². The SMILES string of the molecule is O=C(O)c1ccc(-c2ccc(C(=O)O)cc2C#Cc2cccc3cc4ccccc4cc23)c(C#Cc2cccc3cc4ccccc4cc23)c1. The second-order valence-corrected chi connectivity index (χ2v) is 12.1. The van der Waals surface area contributed by atoms with Crippen LogP contribution >= 0.6 is 0 Å². The Bertz CT molecular complexity index is 2640. The number of fused-ring (bicyclic) bond motifs is 4. The Hall–Kier alpha value is -7.14. The normalized spacial score (nSPS) is 10.8. The molecule has 8 aromatic carbocycles. The van der Waals surface area contributed by atoms with Gasteiger partial charge in [0.25, 0.3) is 0 Å². The summed E-state index contributed by atoms with van der Waals surface area (Å²) in [6.45, 7) is 0. The van der Waals surface area contributed by atoms with E-state index in [1.54, 1.807) is 24.3 Å². The van der Waals surface area contributed by atoms with Gasteiger partial charge in [0.15, 0.2) is 0 Å². The van der Waals surface area contributed by atoms with Gasteiger partial charge in [-0.25, -0.2) is 9.59 Å². The smallest absolute Gasteiger partial charge is 0.335 e. The quantitative estimate of drug-likeness (QED) is 0.149. The van der Waals surface area contributed by atoms with E-state index in [9.17, 15) is 19.8 Å². The molecule has 4 nitrogen and oxygen atoms in total. The number of rotatable bonds is 3. The van der Waals surface area contributed by atoms with E-state index in [2.05, 4.69) is 84.3 Å². The number of carbonyl (C=O) groups is 2. The van der Waals surface area contributed by atoms with Gasteiger partial charge >= 0.3 is 11.9 Å². The number of benzene rings is 8. The van der Waals surface area contributed by atoms with Gasteiger partial charge in [-0.1, -0.05) is 109 Å². The van der Waals surface area contributed by atoms with Crippen LogP contribution in [-0.4, -0.2) is 22.2 Å². The first-order chi connectivity index (χ1) is 24.4. The summed E-state index contributed by atoms with van der Waals surface area (Å²) in [6, 6.07) is 46.4. The van der Waals surface area contributed by atoms with E-state index in [-0.39, 0.29) is 11.1 Å². The van der Waals surface area contributed by atoms with Crippen LogP contribution in [0.2, 0.25) is 0 Å². The summed E-state index contributed by atoms with van der Waals surface area (Å²) < 4.78 is 0. The van der Waals surface area contributed by atoms with Gasteiger partial charge in [0, 0.05) is 22.3 Å². The molecule has 0 atom stereocenters. The van der Waals surface area contributed by atoms with E-state index in [0.717, 1.165) is 54.2 Å². The van der Waals surface area contributed by atoms with Gasteiger partial charge in [-0.05, 0) is 115 Å². The van der Waals surface area contributed by atoms with Crippen LogP contribution in [0.15, 0.2) is 146 Å². The standard InChI is InChI=1S/C46H26O4/c47-45(48)39-19-21-41(37(25-39)17-15-29-11-5-13-35-23-31-7-1-3-9-33(31)27-43(29)35)42-22-20-40(46(49)50)26-38(42)18-16-30-12-6-14-36-24-32-8-2-4-10-34(32)28-44(30)36/h1-14,19-28H,(H,47,48)(H,49,50). The zero-order valence-electron chi connectivity index (χ0n) is 26.6. The van der Waals surface area contributed by atoms with Gasteiger partial charge in [0.2, 0.25) is 0 Å². The lowest BCUT2D eigenvalue weighted by atomic mass is 9.92. The third kappa shape index (κ3) is 5.69. The van der Waals surface area contributed by atoms with E-state index in [0.29, 0.717) is 22.3 Å². The molecular formula is C46H26O4. The molecule has 0 fully saturated rings. The van der Waals surface area contributed by atoms with Crippen LogP contribution < -0.4 is 0 Å². The molecular weight excluding hydrogens is 617 g/mol. The Labute approximate surface area is 287 Å². The van der Waals surface area contributed by atoms with Gasteiger partial charge in [0.05, 0.1) is 11.1 Å². The summed E-state index contributed by atoms with van der Waals surface area (Å²) in [4.78, 5) is 24.1. The summed E-state index contributed by atoms with van der Waals surface area (Å²) in [5, 5.41) is 28.3. The van der Waals surface area contributed by atoms with Crippen LogP contribution in [0.5, 0.6) is 0 Å². The van der Waals surface area contributed by atoms with Crippen molar-refractivity contribution in [2.75, 3.05) is 0 Å². The molecule has 0 spiro atoms. The minimum Gasteiger partial charge on any atom is -0.478 e. The first-order valence-electron chi connectivity index (χ1n) is 16.0. The summed E-state index contributed by atoms with van der Waals surface area (Å²) in [5.74, 6) is 11.0. The van der Waals surface area contributed by atoms with Crippen molar-refractivity contribution in [2.24, 2.45) is 0 Å². The van der Waals surface area contributed by atoms with Crippen molar-refractivity contribution in [3.63, 3.8) is 0 Å². The second-order valence-electron chi connectivity index (χ2n) is 12.1. The molecule has 0 saturated carbocycles. The first-order valence-corrected chi connectivity index (χ1v) is 16.0. The zero-order valence-corrected chi connectivity index (χ0v) is 26.6. The predicted molar refractivity (Wildman–Crippen MR) is 201 cm³/mol. The fourth-order valence-electron chi connectivity index (χ4n) is 6.45. The van der Waals surface area contributed by atoms with Crippen LogP contribution in [0.1, 0.15) is 43.0 Å². The van der Waals surface area contributed by atoms with Crippen LogP contribution in [0, 0.1) is 23.7 Å². The maximum absolute atomic E-state index is 12.1. The molecule has 0 heterocycles. The fraction of sp³-hybridized carbons (Fsp3) is 0. The maximum Gasteiger partial charge on any atom is 0.335 e. The molecule has 8 aromatic rings. The number of carboxylic acid groups (broad SMARTS) is 2. The van der Waals surface area contributed by atoms with Crippen LogP contribution in [0.25, 0.3) is 54.2 Å². The number of hydrogen-bond acceptors (Lipinski definition) is 2. The van der Waals surface area contributed by atoms with Gasteiger partial charge in [-0.3, -0.25) is 0 Å². The number of hydrogen-bond donors (Lipinski definition) is 2. The molecule has 234 valence electrons. The molecule has 0 unspecified atom stereocenters. The highest BCUT2D eigenvalue weighted by molar-refractivity contribution is 6.02. The van der Waals surface area contributed by atoms with Crippen molar-refractivity contribution in [3.8, 4) is 34.8 Å². The monoisotopic (exact) mass is 642 g/mol. The van der Waals surface area contributed by atoms with Gasteiger partial charge in [-0.15, -0.1) is 0 Å². The molecule has 2 N–H and O–H groups in total. The predicted octanol–water partition coefficient (Wildman–Crippen LogP) is 10.2. The van der Waals surface area contributed by atoms with E-state index in [1.165, 1.54) is 12.1 Å². The molecule has 4 heteroatoms. The minimum absolute atomic E-state index is 0.0970. The zero-order chi connectivity index (χ0) is 34.2. The molecule has 8 rings (SSSR count). The molecule has 0 aliphatic rings. The highest BCUT2D eigenvalue weighted by Crippen LogP contribution is 2.31. The van der Waals surface area contributed by atoms with Crippen molar-refractivity contribution in [3.05, 3.63) is 179 Å². The molecule has 0 aliphatic carbocycles. The Kier molecular flexibility index (Phi) is 7.53. The maximum atomic E-state index is 12.1. The molecule has 0 aliphatic heterocycles. The number of carboxylic acids is 2. The minimum atomic E-state index is -1.07. The van der Waals surface area contributed by atoms with E-state index < -0.39 is 11.9 Å². The van der Waals surface area contributed by atoms with Crippen molar-refractivity contribution >= 4 is 55.0 Å². The van der Waals surface area contributed by atoms with E-state index in [4.69, 9.17) is 0 Å². The lowest BCUT2D eigenvalue weighted by Gasteiger charge is -2.10.